The summed E-state index contributed by atoms with van der Waals surface area (Å²) in [7, 11) is 0. The summed E-state index contributed by atoms with van der Waals surface area (Å²) in [6.07, 6.45) is 2.59. The van der Waals surface area contributed by atoms with Crippen molar-refractivity contribution in [2.75, 3.05) is 13.2 Å². The molecule has 2 aliphatic carbocycles. The van der Waals surface area contributed by atoms with E-state index in [9.17, 15) is 9.90 Å². The summed E-state index contributed by atoms with van der Waals surface area (Å²) in [6, 6.07) is 0. The maximum Gasteiger partial charge on any atom is 0.336 e. The number of hydrogen-bond acceptors (Lipinski definition) is 5. The molecular weight excluding hydrogens is 308 g/mol. The Kier molecular flexibility index (Phi) is 4.34. The highest BCUT2D eigenvalue weighted by molar-refractivity contribution is 5.92. The standard InChI is InChI=1S/C19H30O5/c1-6-22-15-14-13(4)16(20)24-19(14,23-7-2)11-18(21)10-8-9-12(3)17(15,18)5/h12,15,21H,6-11H2,1-5H3/t12-,15+,17-,18-,19-/m0/s1. The van der Waals surface area contributed by atoms with Gasteiger partial charge in [0.25, 0.3) is 0 Å². The van der Waals surface area contributed by atoms with Crippen molar-refractivity contribution in [2.45, 2.75) is 77.8 Å². The topological polar surface area (TPSA) is 65.0 Å². The van der Waals surface area contributed by atoms with Gasteiger partial charge in [-0.2, -0.15) is 0 Å². The average Bonchev–Trinajstić information content (AvgIpc) is 2.73. The highest BCUT2D eigenvalue weighted by Crippen LogP contribution is 2.63. The molecule has 0 aromatic rings. The van der Waals surface area contributed by atoms with Crippen LogP contribution < -0.4 is 0 Å². The largest absolute Gasteiger partial charge is 0.425 e. The molecule has 5 atom stereocenters. The summed E-state index contributed by atoms with van der Waals surface area (Å²) >= 11 is 0. The molecule has 0 radical (unpaired) electrons. The molecule has 0 saturated heterocycles. The van der Waals surface area contributed by atoms with Crippen LogP contribution in [-0.4, -0.2) is 41.8 Å². The normalized spacial score (nSPS) is 45.0. The first-order valence-electron chi connectivity index (χ1n) is 9.18. The van der Waals surface area contributed by atoms with E-state index in [1.807, 2.05) is 13.8 Å². The van der Waals surface area contributed by atoms with Crippen molar-refractivity contribution in [3.05, 3.63) is 11.1 Å². The quantitative estimate of drug-likeness (QED) is 0.799. The van der Waals surface area contributed by atoms with Crippen LogP contribution in [0.2, 0.25) is 0 Å². The van der Waals surface area contributed by atoms with E-state index in [4.69, 9.17) is 14.2 Å². The lowest BCUT2D eigenvalue weighted by atomic mass is 9.49. The Morgan fingerprint density at radius 3 is 2.67 bits per heavy atom. The van der Waals surface area contributed by atoms with Gasteiger partial charge in [-0.25, -0.2) is 4.79 Å². The Morgan fingerprint density at radius 1 is 1.33 bits per heavy atom. The minimum atomic E-state index is -1.18. The van der Waals surface area contributed by atoms with Crippen molar-refractivity contribution in [3.8, 4) is 0 Å². The molecule has 24 heavy (non-hydrogen) atoms. The molecule has 1 N–H and O–H groups in total. The average molecular weight is 338 g/mol. The van der Waals surface area contributed by atoms with E-state index in [0.29, 0.717) is 25.2 Å². The van der Waals surface area contributed by atoms with Crippen molar-refractivity contribution in [1.82, 2.24) is 0 Å². The van der Waals surface area contributed by atoms with E-state index in [1.54, 1.807) is 6.92 Å². The lowest BCUT2D eigenvalue weighted by Gasteiger charge is -2.61. The number of hydrogen-bond donors (Lipinski definition) is 1. The molecule has 2 fully saturated rings. The lowest BCUT2D eigenvalue weighted by molar-refractivity contribution is -0.290. The Hall–Kier alpha value is -0.910. The van der Waals surface area contributed by atoms with E-state index < -0.39 is 16.8 Å². The summed E-state index contributed by atoms with van der Waals surface area (Å²) in [5.41, 5.74) is -0.0828. The summed E-state index contributed by atoms with van der Waals surface area (Å²) in [4.78, 5) is 12.4. The minimum Gasteiger partial charge on any atom is -0.425 e. The van der Waals surface area contributed by atoms with Crippen molar-refractivity contribution in [3.63, 3.8) is 0 Å². The van der Waals surface area contributed by atoms with E-state index in [1.165, 1.54) is 0 Å². The molecule has 2 saturated carbocycles. The molecule has 5 heteroatoms. The van der Waals surface area contributed by atoms with Gasteiger partial charge in [-0.1, -0.05) is 20.3 Å². The van der Waals surface area contributed by atoms with Crippen molar-refractivity contribution < 1.29 is 24.1 Å². The number of ether oxygens (including phenoxy) is 3. The summed E-state index contributed by atoms with van der Waals surface area (Å²) in [5.74, 6) is -1.26. The fraction of sp³-hybridized carbons (Fsp3) is 0.842. The van der Waals surface area contributed by atoms with Gasteiger partial charge in [0.15, 0.2) is 0 Å². The fourth-order valence-electron chi connectivity index (χ4n) is 5.21. The van der Waals surface area contributed by atoms with Crippen LogP contribution in [0.25, 0.3) is 0 Å². The van der Waals surface area contributed by atoms with Gasteiger partial charge in [-0.3, -0.25) is 0 Å². The molecule has 0 unspecified atom stereocenters. The maximum atomic E-state index is 12.4. The highest BCUT2D eigenvalue weighted by atomic mass is 16.7. The first-order valence-corrected chi connectivity index (χ1v) is 9.18. The number of aliphatic hydroxyl groups is 1. The second-order valence-corrected chi connectivity index (χ2v) is 7.73. The molecule has 0 bridgehead atoms. The Balaban J connectivity index is 2.20. The predicted octanol–water partition coefficient (Wildman–Crippen LogP) is 2.96. The molecule has 136 valence electrons. The van der Waals surface area contributed by atoms with E-state index in [-0.39, 0.29) is 24.4 Å². The van der Waals surface area contributed by atoms with Gasteiger partial charge in [-0.05, 0) is 39.5 Å². The smallest absolute Gasteiger partial charge is 0.336 e. The van der Waals surface area contributed by atoms with Gasteiger partial charge in [0.05, 0.1) is 11.7 Å². The first-order chi connectivity index (χ1) is 11.3. The number of fused-ring (bicyclic) bond motifs is 2. The van der Waals surface area contributed by atoms with E-state index in [2.05, 4.69) is 13.8 Å². The zero-order valence-corrected chi connectivity index (χ0v) is 15.5. The number of rotatable bonds is 4. The molecule has 3 rings (SSSR count). The molecule has 1 aliphatic heterocycles. The van der Waals surface area contributed by atoms with Crippen LogP contribution in [0.4, 0.5) is 0 Å². The van der Waals surface area contributed by atoms with Gasteiger partial charge in [0, 0.05) is 36.2 Å². The third kappa shape index (κ3) is 2.14. The van der Waals surface area contributed by atoms with Crippen LogP contribution in [-0.2, 0) is 19.0 Å². The molecule has 3 aliphatic rings. The summed E-state index contributed by atoms with van der Waals surface area (Å²) in [5, 5.41) is 11.7. The van der Waals surface area contributed by atoms with Gasteiger partial charge < -0.3 is 19.3 Å². The van der Waals surface area contributed by atoms with Gasteiger partial charge in [-0.15, -0.1) is 0 Å². The third-order valence-electron chi connectivity index (χ3n) is 6.67. The summed E-state index contributed by atoms with van der Waals surface area (Å²) in [6.45, 7) is 10.8. The SMILES string of the molecule is CCO[C@@H]1C2=C(C)C(=O)O[C@@]2(OCC)C[C@@]2(O)CCC[C@H](C)[C@@]12C. The van der Waals surface area contributed by atoms with Crippen molar-refractivity contribution in [1.29, 1.82) is 0 Å². The molecule has 0 aromatic carbocycles. The molecular formula is C19H30O5. The van der Waals surface area contributed by atoms with Crippen LogP contribution in [0.3, 0.4) is 0 Å². The van der Waals surface area contributed by atoms with Crippen LogP contribution in [0.5, 0.6) is 0 Å². The maximum absolute atomic E-state index is 12.4. The Morgan fingerprint density at radius 2 is 2.04 bits per heavy atom. The number of carbonyl (C=O) groups excluding carboxylic acids is 1. The van der Waals surface area contributed by atoms with Crippen LogP contribution in [0.15, 0.2) is 11.1 Å². The predicted molar refractivity (Wildman–Crippen MR) is 89.3 cm³/mol. The van der Waals surface area contributed by atoms with Gasteiger partial charge in [0.1, 0.15) is 0 Å². The first kappa shape index (κ1) is 17.9. The van der Waals surface area contributed by atoms with Crippen LogP contribution in [0.1, 0.15) is 60.3 Å². The third-order valence-corrected chi connectivity index (χ3v) is 6.67. The zero-order chi connectivity index (χ0) is 17.8. The minimum absolute atomic E-state index is 0.281. The lowest BCUT2D eigenvalue weighted by Crippen LogP contribution is -2.68. The number of carbonyl (C=O) groups is 1. The molecule has 0 aromatic heterocycles. The van der Waals surface area contributed by atoms with Crippen molar-refractivity contribution >= 4 is 5.97 Å². The fourth-order valence-corrected chi connectivity index (χ4v) is 5.21. The second kappa shape index (κ2) is 5.82. The second-order valence-electron chi connectivity index (χ2n) is 7.73. The van der Waals surface area contributed by atoms with Gasteiger partial charge >= 0.3 is 5.97 Å². The molecule has 0 amide bonds. The van der Waals surface area contributed by atoms with Crippen molar-refractivity contribution in [2.24, 2.45) is 11.3 Å². The van der Waals surface area contributed by atoms with E-state index >= 15 is 0 Å². The zero-order valence-electron chi connectivity index (χ0n) is 15.5. The Bertz CT molecular complexity index is 570. The van der Waals surface area contributed by atoms with Crippen LogP contribution >= 0.6 is 0 Å². The molecule has 0 spiro atoms. The summed E-state index contributed by atoms with van der Waals surface area (Å²) < 4.78 is 17.8. The Labute approximate surface area is 144 Å². The highest BCUT2D eigenvalue weighted by Gasteiger charge is 2.70. The van der Waals surface area contributed by atoms with Gasteiger partial charge in [0.2, 0.25) is 5.79 Å². The monoisotopic (exact) mass is 338 g/mol. The molecule has 1 heterocycles. The van der Waals surface area contributed by atoms with E-state index in [0.717, 1.165) is 18.4 Å². The van der Waals surface area contributed by atoms with Crippen LogP contribution in [0, 0.1) is 11.3 Å². The number of esters is 1. The molecule has 5 nitrogen and oxygen atoms in total.